The lowest BCUT2D eigenvalue weighted by atomic mass is 10.1. The van der Waals surface area contributed by atoms with Gasteiger partial charge < -0.3 is 14.2 Å². The van der Waals surface area contributed by atoms with Crippen LogP contribution in [0.25, 0.3) is 0 Å². The van der Waals surface area contributed by atoms with Gasteiger partial charge in [-0.05, 0) is 42.0 Å². The molecule has 3 rings (SSSR count). The van der Waals surface area contributed by atoms with Crippen molar-refractivity contribution in [3.05, 3.63) is 59.9 Å². The van der Waals surface area contributed by atoms with Crippen molar-refractivity contribution in [2.75, 3.05) is 40.0 Å². The lowest BCUT2D eigenvalue weighted by Gasteiger charge is -2.33. The zero-order chi connectivity index (χ0) is 16.8. The van der Waals surface area contributed by atoms with Crippen LogP contribution in [-0.2, 0) is 4.74 Å². The molecule has 0 spiro atoms. The van der Waals surface area contributed by atoms with E-state index in [1.807, 2.05) is 24.3 Å². The van der Waals surface area contributed by atoms with E-state index in [1.165, 1.54) is 12.1 Å². The van der Waals surface area contributed by atoms with Crippen LogP contribution in [0.2, 0.25) is 0 Å². The Kier molecular flexibility index (Phi) is 5.67. The average Bonchev–Trinajstić information content (AvgIpc) is 2.63. The van der Waals surface area contributed by atoms with E-state index in [0.717, 1.165) is 36.7 Å². The molecule has 1 aliphatic heterocycles. The van der Waals surface area contributed by atoms with Gasteiger partial charge >= 0.3 is 0 Å². The highest BCUT2D eigenvalue weighted by Gasteiger charge is 2.21. The highest BCUT2D eigenvalue weighted by molar-refractivity contribution is 5.31. The standard InChI is InChI=1S/C19H22FNO3/c1-22-17-6-8-18(9-7-17)23-12-10-21-11-13-24-19(14-21)15-2-4-16(20)5-3-15/h2-9,19H,10-14H2,1H3/t19-/m1/s1. The lowest BCUT2D eigenvalue weighted by molar-refractivity contribution is -0.0329. The number of ether oxygens (including phenoxy) is 3. The summed E-state index contributed by atoms with van der Waals surface area (Å²) in [4.78, 5) is 2.31. The van der Waals surface area contributed by atoms with Gasteiger partial charge in [0.1, 0.15) is 23.9 Å². The van der Waals surface area contributed by atoms with Gasteiger partial charge in [-0.25, -0.2) is 4.39 Å². The maximum absolute atomic E-state index is 13.0. The molecule has 1 heterocycles. The molecule has 0 radical (unpaired) electrons. The fraction of sp³-hybridized carbons (Fsp3) is 0.368. The number of hydrogen-bond acceptors (Lipinski definition) is 4. The molecule has 1 aliphatic rings. The summed E-state index contributed by atoms with van der Waals surface area (Å²) in [5.41, 5.74) is 1.01. The molecule has 0 unspecified atom stereocenters. The number of benzene rings is 2. The third-order valence-electron chi connectivity index (χ3n) is 4.13. The summed E-state index contributed by atoms with van der Waals surface area (Å²) >= 11 is 0. The summed E-state index contributed by atoms with van der Waals surface area (Å²) in [6.07, 6.45) is -0.0136. The molecule has 0 aromatic heterocycles. The number of rotatable bonds is 6. The largest absolute Gasteiger partial charge is 0.497 e. The maximum Gasteiger partial charge on any atom is 0.123 e. The van der Waals surface area contributed by atoms with E-state index < -0.39 is 0 Å². The van der Waals surface area contributed by atoms with E-state index in [0.29, 0.717) is 13.2 Å². The molecule has 1 fully saturated rings. The Morgan fingerprint density at radius 1 is 1.08 bits per heavy atom. The summed E-state index contributed by atoms with van der Waals surface area (Å²) in [6, 6.07) is 14.1. The zero-order valence-corrected chi connectivity index (χ0v) is 13.8. The van der Waals surface area contributed by atoms with E-state index >= 15 is 0 Å². The first-order chi connectivity index (χ1) is 11.7. The van der Waals surface area contributed by atoms with Gasteiger partial charge in [0.15, 0.2) is 0 Å². The molecule has 0 bridgehead atoms. The smallest absolute Gasteiger partial charge is 0.123 e. The number of nitrogens with zero attached hydrogens (tertiary/aromatic N) is 1. The Morgan fingerprint density at radius 3 is 2.50 bits per heavy atom. The van der Waals surface area contributed by atoms with Gasteiger partial charge in [0.2, 0.25) is 0 Å². The van der Waals surface area contributed by atoms with Crippen LogP contribution < -0.4 is 9.47 Å². The van der Waals surface area contributed by atoms with Crippen molar-refractivity contribution in [3.63, 3.8) is 0 Å². The first-order valence-electron chi connectivity index (χ1n) is 8.11. The molecule has 0 saturated carbocycles. The molecule has 1 saturated heterocycles. The summed E-state index contributed by atoms with van der Waals surface area (Å²) in [5, 5.41) is 0. The second-order valence-electron chi connectivity index (χ2n) is 5.74. The Bertz CT molecular complexity index is 630. The van der Waals surface area contributed by atoms with Gasteiger partial charge in [-0.3, -0.25) is 4.90 Å². The van der Waals surface area contributed by atoms with Gasteiger partial charge in [-0.15, -0.1) is 0 Å². The molecule has 5 heteroatoms. The number of morpholine rings is 1. The van der Waals surface area contributed by atoms with E-state index in [4.69, 9.17) is 14.2 Å². The first kappa shape index (κ1) is 16.7. The van der Waals surface area contributed by atoms with Crippen molar-refractivity contribution in [1.29, 1.82) is 0 Å². The summed E-state index contributed by atoms with van der Waals surface area (Å²) in [6.45, 7) is 3.78. The number of halogens is 1. The second-order valence-corrected chi connectivity index (χ2v) is 5.74. The van der Waals surface area contributed by atoms with Gasteiger partial charge in [-0.2, -0.15) is 0 Å². The van der Waals surface area contributed by atoms with Crippen LogP contribution in [0.1, 0.15) is 11.7 Å². The van der Waals surface area contributed by atoms with Crippen LogP contribution in [0, 0.1) is 5.82 Å². The third kappa shape index (κ3) is 4.46. The summed E-state index contributed by atoms with van der Waals surface area (Å²) in [5.74, 6) is 1.43. The SMILES string of the molecule is COc1ccc(OCCN2CCO[C@@H](c3ccc(F)cc3)C2)cc1. The Morgan fingerprint density at radius 2 is 1.79 bits per heavy atom. The molecular weight excluding hydrogens is 309 g/mol. The van der Waals surface area contributed by atoms with Crippen LogP contribution >= 0.6 is 0 Å². The van der Waals surface area contributed by atoms with Crippen molar-refractivity contribution in [1.82, 2.24) is 4.90 Å². The first-order valence-corrected chi connectivity index (χ1v) is 8.11. The minimum absolute atomic E-state index is 0.0136. The molecular formula is C19H22FNO3. The van der Waals surface area contributed by atoms with Crippen LogP contribution in [0.4, 0.5) is 4.39 Å². The highest BCUT2D eigenvalue weighted by Crippen LogP contribution is 2.22. The molecule has 1 atom stereocenters. The predicted octanol–water partition coefficient (Wildman–Crippen LogP) is 3.29. The van der Waals surface area contributed by atoms with Crippen LogP contribution in [0.15, 0.2) is 48.5 Å². The van der Waals surface area contributed by atoms with E-state index in [2.05, 4.69) is 4.90 Å². The van der Waals surface area contributed by atoms with Gasteiger partial charge in [0, 0.05) is 19.6 Å². The van der Waals surface area contributed by atoms with Crippen molar-refractivity contribution in [2.45, 2.75) is 6.10 Å². The minimum Gasteiger partial charge on any atom is -0.497 e. The number of hydrogen-bond donors (Lipinski definition) is 0. The molecule has 128 valence electrons. The quantitative estimate of drug-likeness (QED) is 0.813. The average molecular weight is 331 g/mol. The van der Waals surface area contributed by atoms with E-state index in [1.54, 1.807) is 19.2 Å². The minimum atomic E-state index is -0.223. The van der Waals surface area contributed by atoms with Crippen LogP contribution in [0.5, 0.6) is 11.5 Å². The van der Waals surface area contributed by atoms with Gasteiger partial charge in [0.25, 0.3) is 0 Å². The molecule has 24 heavy (non-hydrogen) atoms. The normalized spacial score (nSPS) is 18.3. The lowest BCUT2D eigenvalue weighted by Crippen LogP contribution is -2.40. The molecule has 2 aromatic rings. The van der Waals surface area contributed by atoms with Crippen molar-refractivity contribution >= 4 is 0 Å². The zero-order valence-electron chi connectivity index (χ0n) is 13.8. The van der Waals surface area contributed by atoms with Gasteiger partial charge in [-0.1, -0.05) is 12.1 Å². The summed E-state index contributed by atoms with van der Waals surface area (Å²) < 4.78 is 29.7. The monoisotopic (exact) mass is 331 g/mol. The molecule has 0 aliphatic carbocycles. The Labute approximate surface area is 141 Å². The van der Waals surface area contributed by atoms with Crippen molar-refractivity contribution in [3.8, 4) is 11.5 Å². The maximum atomic E-state index is 13.0. The number of methoxy groups -OCH3 is 1. The summed E-state index contributed by atoms with van der Waals surface area (Å²) in [7, 11) is 1.64. The van der Waals surface area contributed by atoms with Crippen molar-refractivity contribution < 1.29 is 18.6 Å². The Balaban J connectivity index is 1.47. The van der Waals surface area contributed by atoms with E-state index in [-0.39, 0.29) is 11.9 Å². The molecule has 0 N–H and O–H groups in total. The van der Waals surface area contributed by atoms with Crippen LogP contribution in [-0.4, -0.2) is 44.9 Å². The van der Waals surface area contributed by atoms with Gasteiger partial charge in [0.05, 0.1) is 19.8 Å². The predicted molar refractivity (Wildman–Crippen MR) is 90.0 cm³/mol. The Hall–Kier alpha value is -2.11. The topological polar surface area (TPSA) is 30.9 Å². The van der Waals surface area contributed by atoms with Crippen LogP contribution in [0.3, 0.4) is 0 Å². The fourth-order valence-electron chi connectivity index (χ4n) is 2.75. The molecule has 2 aromatic carbocycles. The molecule has 4 nitrogen and oxygen atoms in total. The molecule has 0 amide bonds. The third-order valence-corrected chi connectivity index (χ3v) is 4.13. The highest BCUT2D eigenvalue weighted by atomic mass is 19.1. The fourth-order valence-corrected chi connectivity index (χ4v) is 2.75. The van der Waals surface area contributed by atoms with Crippen molar-refractivity contribution in [2.24, 2.45) is 0 Å². The second kappa shape index (κ2) is 8.13. The van der Waals surface area contributed by atoms with E-state index in [9.17, 15) is 4.39 Å².